The Labute approximate surface area is 168 Å². The molecule has 29 heavy (non-hydrogen) atoms. The number of aryl methyl sites for hydroxylation is 1. The fraction of sp³-hybridized carbons (Fsp3) is 0.238. The summed E-state index contributed by atoms with van der Waals surface area (Å²) in [6, 6.07) is 12.3. The first-order chi connectivity index (χ1) is 13.8. The minimum Gasteiger partial charge on any atom is -0.375 e. The Bertz CT molecular complexity index is 1040. The Balaban J connectivity index is 1.78. The van der Waals surface area contributed by atoms with Crippen molar-refractivity contribution in [3.8, 4) is 11.1 Å². The highest BCUT2D eigenvalue weighted by molar-refractivity contribution is 5.95. The van der Waals surface area contributed by atoms with E-state index in [1.54, 1.807) is 23.0 Å². The number of hydrogen-bond acceptors (Lipinski definition) is 5. The second kappa shape index (κ2) is 8.55. The number of nitrogens with zero attached hydrogens (tertiary/aromatic N) is 3. The minimum atomic E-state index is -0.486. The maximum atomic E-state index is 12.1. The zero-order chi connectivity index (χ0) is 21.0. The van der Waals surface area contributed by atoms with Crippen LogP contribution >= 0.6 is 0 Å². The van der Waals surface area contributed by atoms with Crippen LogP contribution in [0.5, 0.6) is 0 Å². The van der Waals surface area contributed by atoms with Gasteiger partial charge in [-0.3, -0.25) is 19.6 Å². The van der Waals surface area contributed by atoms with E-state index in [9.17, 15) is 14.9 Å². The van der Waals surface area contributed by atoms with Crippen LogP contribution in [0.4, 0.5) is 11.4 Å². The third-order valence-electron chi connectivity index (χ3n) is 4.32. The quantitative estimate of drug-likeness (QED) is 0.470. The van der Waals surface area contributed by atoms with Crippen LogP contribution in [0.25, 0.3) is 11.1 Å². The summed E-state index contributed by atoms with van der Waals surface area (Å²) >= 11 is 0. The summed E-state index contributed by atoms with van der Waals surface area (Å²) in [6.07, 6.45) is 3.72. The van der Waals surface area contributed by atoms with E-state index < -0.39 is 4.92 Å². The molecule has 0 atom stereocenters. The summed E-state index contributed by atoms with van der Waals surface area (Å²) in [5.74, 6) is -0.334. The van der Waals surface area contributed by atoms with E-state index in [1.165, 1.54) is 6.07 Å². The number of hydrogen-bond donors (Lipinski definition) is 2. The number of nitro benzene ring substituents is 1. The number of nitro groups is 1. The summed E-state index contributed by atoms with van der Waals surface area (Å²) < 4.78 is 1.74. The second-order valence-corrected chi connectivity index (χ2v) is 7.07. The zero-order valence-corrected chi connectivity index (χ0v) is 16.5. The summed E-state index contributed by atoms with van der Waals surface area (Å²) in [7, 11) is 1.86. The molecular formula is C21H23N5O3. The van der Waals surface area contributed by atoms with Crippen LogP contribution in [0.15, 0.2) is 54.9 Å². The molecule has 0 unspecified atom stereocenters. The molecule has 0 aliphatic rings. The van der Waals surface area contributed by atoms with Crippen molar-refractivity contribution in [3.05, 3.63) is 76.1 Å². The van der Waals surface area contributed by atoms with Crippen LogP contribution in [-0.2, 0) is 13.6 Å². The molecule has 0 bridgehead atoms. The van der Waals surface area contributed by atoms with Crippen molar-refractivity contribution in [2.75, 3.05) is 5.32 Å². The molecule has 1 amide bonds. The molecule has 2 N–H and O–H groups in total. The van der Waals surface area contributed by atoms with E-state index in [1.807, 2.05) is 51.4 Å². The average Bonchev–Trinajstić information content (AvgIpc) is 3.12. The van der Waals surface area contributed by atoms with Gasteiger partial charge in [0, 0.05) is 43.0 Å². The van der Waals surface area contributed by atoms with E-state index in [4.69, 9.17) is 0 Å². The van der Waals surface area contributed by atoms with Gasteiger partial charge >= 0.3 is 0 Å². The predicted molar refractivity (Wildman–Crippen MR) is 112 cm³/mol. The molecule has 2 aromatic carbocycles. The molecule has 1 aromatic heterocycles. The Kier molecular flexibility index (Phi) is 5.92. The van der Waals surface area contributed by atoms with Crippen LogP contribution in [0.3, 0.4) is 0 Å². The van der Waals surface area contributed by atoms with Crippen LogP contribution in [0, 0.1) is 10.1 Å². The van der Waals surface area contributed by atoms with Crippen LogP contribution in [0.2, 0.25) is 0 Å². The summed E-state index contributed by atoms with van der Waals surface area (Å²) in [4.78, 5) is 23.1. The van der Waals surface area contributed by atoms with Crippen molar-refractivity contribution in [1.82, 2.24) is 15.1 Å². The van der Waals surface area contributed by atoms with Gasteiger partial charge in [0.2, 0.25) is 0 Å². The molecule has 0 fully saturated rings. The average molecular weight is 393 g/mol. The molecule has 8 heteroatoms. The van der Waals surface area contributed by atoms with Crippen molar-refractivity contribution < 1.29 is 9.72 Å². The molecule has 150 valence electrons. The van der Waals surface area contributed by atoms with E-state index in [-0.39, 0.29) is 23.2 Å². The number of carbonyl (C=O) groups is 1. The van der Waals surface area contributed by atoms with Crippen LogP contribution in [-0.4, -0.2) is 26.7 Å². The lowest BCUT2D eigenvalue weighted by Crippen LogP contribution is -2.30. The standard InChI is InChI=1S/C21H23N5O3/c1-14(2)24-21(27)17-7-8-19(20(10-17)26(28)29)22-11-15-5-4-6-16(9-15)18-12-23-25(3)13-18/h4-10,12-14,22H,11H2,1-3H3,(H,24,27). The molecule has 3 aromatic rings. The lowest BCUT2D eigenvalue weighted by Gasteiger charge is -2.11. The maximum Gasteiger partial charge on any atom is 0.293 e. The Hall–Kier alpha value is -3.68. The normalized spacial score (nSPS) is 10.8. The van der Waals surface area contributed by atoms with Gasteiger partial charge in [0.1, 0.15) is 5.69 Å². The molecule has 0 spiro atoms. The van der Waals surface area contributed by atoms with Gasteiger partial charge < -0.3 is 10.6 Å². The van der Waals surface area contributed by atoms with Crippen LogP contribution < -0.4 is 10.6 Å². The summed E-state index contributed by atoms with van der Waals surface area (Å²) in [6.45, 7) is 4.08. The van der Waals surface area contributed by atoms with Crippen LogP contribution in [0.1, 0.15) is 29.8 Å². The largest absolute Gasteiger partial charge is 0.375 e. The van der Waals surface area contributed by atoms with Gasteiger partial charge in [-0.25, -0.2) is 0 Å². The Morgan fingerprint density at radius 2 is 2.00 bits per heavy atom. The number of benzene rings is 2. The molecule has 0 aliphatic carbocycles. The SMILES string of the molecule is CC(C)NC(=O)c1ccc(NCc2cccc(-c3cnn(C)c3)c2)c([N+](=O)[O-])c1. The Morgan fingerprint density at radius 1 is 1.21 bits per heavy atom. The number of amides is 1. The minimum absolute atomic E-state index is 0.0496. The first-order valence-electron chi connectivity index (χ1n) is 9.24. The fourth-order valence-corrected chi connectivity index (χ4v) is 2.95. The second-order valence-electron chi connectivity index (χ2n) is 7.07. The first-order valence-corrected chi connectivity index (χ1v) is 9.24. The number of rotatable bonds is 7. The number of anilines is 1. The van der Waals surface area contributed by atoms with Gasteiger partial charge in [0.25, 0.3) is 11.6 Å². The molecule has 0 aliphatic heterocycles. The number of aromatic nitrogens is 2. The highest BCUT2D eigenvalue weighted by atomic mass is 16.6. The van der Waals surface area contributed by atoms with E-state index >= 15 is 0 Å². The van der Waals surface area contributed by atoms with Gasteiger partial charge in [0.05, 0.1) is 11.1 Å². The molecule has 3 rings (SSSR count). The van der Waals surface area contributed by atoms with Gasteiger partial charge in [-0.05, 0) is 43.2 Å². The smallest absolute Gasteiger partial charge is 0.293 e. The highest BCUT2D eigenvalue weighted by Gasteiger charge is 2.18. The summed E-state index contributed by atoms with van der Waals surface area (Å²) in [5, 5.41) is 21.5. The van der Waals surface area contributed by atoms with Crippen molar-refractivity contribution >= 4 is 17.3 Å². The van der Waals surface area contributed by atoms with E-state index in [0.717, 1.165) is 16.7 Å². The monoisotopic (exact) mass is 393 g/mol. The van der Waals surface area contributed by atoms with Gasteiger partial charge in [-0.15, -0.1) is 0 Å². The van der Waals surface area contributed by atoms with Crippen molar-refractivity contribution in [1.29, 1.82) is 0 Å². The van der Waals surface area contributed by atoms with Crippen molar-refractivity contribution in [2.24, 2.45) is 7.05 Å². The lowest BCUT2D eigenvalue weighted by atomic mass is 10.1. The molecule has 0 saturated carbocycles. The van der Waals surface area contributed by atoms with E-state index in [0.29, 0.717) is 12.2 Å². The molecule has 0 saturated heterocycles. The van der Waals surface area contributed by atoms with Crippen molar-refractivity contribution in [3.63, 3.8) is 0 Å². The lowest BCUT2D eigenvalue weighted by molar-refractivity contribution is -0.384. The summed E-state index contributed by atoms with van der Waals surface area (Å²) in [5.41, 5.74) is 3.48. The fourth-order valence-electron chi connectivity index (χ4n) is 2.95. The van der Waals surface area contributed by atoms with Gasteiger partial charge in [-0.1, -0.05) is 18.2 Å². The predicted octanol–water partition coefficient (Wildman–Crippen LogP) is 3.75. The van der Waals surface area contributed by atoms with Crippen molar-refractivity contribution in [2.45, 2.75) is 26.4 Å². The molecule has 8 nitrogen and oxygen atoms in total. The Morgan fingerprint density at radius 3 is 2.66 bits per heavy atom. The van der Waals surface area contributed by atoms with Gasteiger partial charge in [0.15, 0.2) is 0 Å². The first kappa shape index (κ1) is 20.1. The zero-order valence-electron chi connectivity index (χ0n) is 16.5. The number of carbonyl (C=O) groups excluding carboxylic acids is 1. The number of nitrogens with one attached hydrogen (secondary N) is 2. The topological polar surface area (TPSA) is 102 Å². The third-order valence-corrected chi connectivity index (χ3v) is 4.32. The third kappa shape index (κ3) is 4.98. The molecule has 0 radical (unpaired) electrons. The molecular weight excluding hydrogens is 370 g/mol. The van der Waals surface area contributed by atoms with Gasteiger partial charge in [-0.2, -0.15) is 5.10 Å². The maximum absolute atomic E-state index is 12.1. The molecule has 1 heterocycles. The highest BCUT2D eigenvalue weighted by Crippen LogP contribution is 2.27. The van der Waals surface area contributed by atoms with E-state index in [2.05, 4.69) is 15.7 Å².